The molecular formula is C18H28O4. The number of hydrogen-bond donors (Lipinski definition) is 3. The molecule has 0 aromatic heterocycles. The van der Waals surface area contributed by atoms with Gasteiger partial charge in [-0.25, -0.2) is 0 Å². The maximum absolute atomic E-state index is 10.4. The van der Waals surface area contributed by atoms with Crippen LogP contribution in [0.4, 0.5) is 0 Å². The van der Waals surface area contributed by atoms with Gasteiger partial charge in [0, 0.05) is 25.2 Å². The third kappa shape index (κ3) is 7.11. The molecule has 1 rings (SSSR count). The van der Waals surface area contributed by atoms with E-state index in [1.165, 1.54) is 0 Å². The van der Waals surface area contributed by atoms with Gasteiger partial charge in [-0.2, -0.15) is 0 Å². The first-order valence-electron chi connectivity index (χ1n) is 8.26. The van der Waals surface area contributed by atoms with E-state index >= 15 is 0 Å². The smallest absolute Gasteiger partial charge is 0.303 e. The van der Waals surface area contributed by atoms with Crippen LogP contribution in [0.25, 0.3) is 0 Å². The molecule has 0 radical (unpaired) electrons. The number of carboxylic acids is 1. The van der Waals surface area contributed by atoms with E-state index in [1.807, 2.05) is 19.1 Å². The Morgan fingerprint density at radius 1 is 1.32 bits per heavy atom. The number of aliphatic hydroxyl groups excluding tert-OH is 2. The fraction of sp³-hybridized carbons (Fsp3) is 0.722. The highest BCUT2D eigenvalue weighted by molar-refractivity contribution is 5.66. The fourth-order valence-corrected chi connectivity index (χ4v) is 2.78. The Morgan fingerprint density at radius 2 is 2.09 bits per heavy atom. The summed E-state index contributed by atoms with van der Waals surface area (Å²) < 4.78 is 0. The van der Waals surface area contributed by atoms with Crippen molar-refractivity contribution in [2.24, 2.45) is 11.8 Å². The minimum atomic E-state index is -0.758. The molecule has 4 unspecified atom stereocenters. The second kappa shape index (κ2) is 10.4. The zero-order valence-corrected chi connectivity index (χ0v) is 13.4. The zero-order chi connectivity index (χ0) is 16.4. The first kappa shape index (κ1) is 18.7. The molecule has 3 N–H and O–H groups in total. The van der Waals surface area contributed by atoms with Crippen molar-refractivity contribution in [3.05, 3.63) is 12.2 Å². The van der Waals surface area contributed by atoms with E-state index in [-0.39, 0.29) is 24.4 Å². The summed E-state index contributed by atoms with van der Waals surface area (Å²) in [6.45, 7) is 1.94. The largest absolute Gasteiger partial charge is 0.481 e. The Kier molecular flexibility index (Phi) is 8.88. The molecule has 0 aromatic rings. The van der Waals surface area contributed by atoms with Crippen molar-refractivity contribution >= 4 is 5.97 Å². The van der Waals surface area contributed by atoms with E-state index < -0.39 is 12.1 Å². The van der Waals surface area contributed by atoms with Crippen molar-refractivity contribution in [2.45, 2.75) is 70.5 Å². The minimum Gasteiger partial charge on any atom is -0.481 e. The summed E-state index contributed by atoms with van der Waals surface area (Å²) in [6.07, 6.45) is 8.63. The fourth-order valence-electron chi connectivity index (χ4n) is 2.78. The molecule has 0 spiro atoms. The van der Waals surface area contributed by atoms with Gasteiger partial charge in [0.05, 0.1) is 12.2 Å². The molecule has 0 saturated heterocycles. The molecule has 124 valence electrons. The van der Waals surface area contributed by atoms with Crippen molar-refractivity contribution < 1.29 is 20.1 Å². The Morgan fingerprint density at radius 3 is 2.77 bits per heavy atom. The van der Waals surface area contributed by atoms with Crippen LogP contribution in [0.2, 0.25) is 0 Å². The maximum atomic E-state index is 10.4. The quantitative estimate of drug-likeness (QED) is 0.366. The molecule has 1 saturated carbocycles. The van der Waals surface area contributed by atoms with E-state index in [0.29, 0.717) is 25.7 Å². The average molecular weight is 308 g/mol. The van der Waals surface area contributed by atoms with Crippen LogP contribution >= 0.6 is 0 Å². The number of hydrogen-bond acceptors (Lipinski definition) is 3. The molecule has 4 nitrogen and oxygen atoms in total. The van der Waals surface area contributed by atoms with Gasteiger partial charge in [0.2, 0.25) is 0 Å². The predicted octanol–water partition coefficient (Wildman–Crippen LogP) is 2.74. The molecule has 1 aliphatic rings. The van der Waals surface area contributed by atoms with Crippen LogP contribution in [0, 0.1) is 23.7 Å². The van der Waals surface area contributed by atoms with E-state index in [0.717, 1.165) is 19.3 Å². The van der Waals surface area contributed by atoms with Gasteiger partial charge in [-0.1, -0.05) is 19.1 Å². The van der Waals surface area contributed by atoms with Crippen LogP contribution in [0.15, 0.2) is 12.2 Å². The molecule has 0 aromatic carbocycles. The average Bonchev–Trinajstić information content (AvgIpc) is 2.84. The van der Waals surface area contributed by atoms with Crippen LogP contribution in [0.5, 0.6) is 0 Å². The third-order valence-corrected chi connectivity index (χ3v) is 4.24. The molecule has 0 aliphatic heterocycles. The van der Waals surface area contributed by atoms with Crippen LogP contribution in [-0.2, 0) is 4.79 Å². The summed E-state index contributed by atoms with van der Waals surface area (Å²) in [5, 5.41) is 28.2. The third-order valence-electron chi connectivity index (χ3n) is 4.24. The molecule has 1 fully saturated rings. The SMILES string of the molecule is CCC(O)C=CC1CCC(O)C1CC#CCCCCC(=O)O. The zero-order valence-electron chi connectivity index (χ0n) is 13.4. The van der Waals surface area contributed by atoms with Gasteiger partial charge in [0.15, 0.2) is 0 Å². The predicted molar refractivity (Wildman–Crippen MR) is 86.2 cm³/mol. The number of allylic oxidation sites excluding steroid dienone is 1. The first-order valence-corrected chi connectivity index (χ1v) is 8.26. The van der Waals surface area contributed by atoms with E-state index in [4.69, 9.17) is 5.11 Å². The van der Waals surface area contributed by atoms with E-state index in [2.05, 4.69) is 11.8 Å². The molecule has 0 bridgehead atoms. The first-order chi connectivity index (χ1) is 10.5. The van der Waals surface area contributed by atoms with E-state index in [1.54, 1.807) is 0 Å². The summed E-state index contributed by atoms with van der Waals surface area (Å²) >= 11 is 0. The second-order valence-electron chi connectivity index (χ2n) is 5.99. The number of carbonyl (C=O) groups is 1. The van der Waals surface area contributed by atoms with E-state index in [9.17, 15) is 15.0 Å². The van der Waals surface area contributed by atoms with Crippen molar-refractivity contribution in [1.29, 1.82) is 0 Å². The van der Waals surface area contributed by atoms with Crippen LogP contribution in [0.3, 0.4) is 0 Å². The lowest BCUT2D eigenvalue weighted by molar-refractivity contribution is -0.137. The summed E-state index contributed by atoms with van der Waals surface area (Å²) in [6, 6.07) is 0. The molecule has 1 aliphatic carbocycles. The molecule has 4 heteroatoms. The number of rotatable bonds is 8. The molecule has 0 heterocycles. The van der Waals surface area contributed by atoms with Gasteiger partial charge in [-0.3, -0.25) is 4.79 Å². The molecular weight excluding hydrogens is 280 g/mol. The number of carboxylic acid groups (broad SMARTS) is 1. The molecule has 4 atom stereocenters. The lowest BCUT2D eigenvalue weighted by Crippen LogP contribution is -2.17. The summed E-state index contributed by atoms with van der Waals surface area (Å²) in [5.74, 6) is 5.88. The Bertz CT molecular complexity index is 419. The highest BCUT2D eigenvalue weighted by Crippen LogP contribution is 2.35. The number of aliphatic carboxylic acids is 1. The van der Waals surface area contributed by atoms with Crippen molar-refractivity contribution in [3.8, 4) is 11.8 Å². The van der Waals surface area contributed by atoms with Crippen LogP contribution in [0.1, 0.15) is 58.3 Å². The topological polar surface area (TPSA) is 77.8 Å². The van der Waals surface area contributed by atoms with Gasteiger partial charge in [0.1, 0.15) is 0 Å². The van der Waals surface area contributed by atoms with Crippen molar-refractivity contribution in [3.63, 3.8) is 0 Å². The Labute approximate surface area is 133 Å². The standard InChI is InChI=1S/C18H28O4/c1-2-15(19)12-10-14-11-13-17(20)16(14)8-6-4-3-5-7-9-18(21)22/h10,12,14-17,19-20H,2-3,5,7-9,11,13H2,1H3,(H,21,22). The van der Waals surface area contributed by atoms with Gasteiger partial charge in [0.25, 0.3) is 0 Å². The molecule has 22 heavy (non-hydrogen) atoms. The lowest BCUT2D eigenvalue weighted by atomic mass is 9.91. The van der Waals surface area contributed by atoms with Gasteiger partial charge in [-0.05, 0) is 38.0 Å². The maximum Gasteiger partial charge on any atom is 0.303 e. The van der Waals surface area contributed by atoms with Gasteiger partial charge >= 0.3 is 5.97 Å². The number of aliphatic hydroxyl groups is 2. The van der Waals surface area contributed by atoms with Crippen LogP contribution < -0.4 is 0 Å². The van der Waals surface area contributed by atoms with Crippen molar-refractivity contribution in [2.75, 3.05) is 0 Å². The minimum absolute atomic E-state index is 0.145. The highest BCUT2D eigenvalue weighted by Gasteiger charge is 2.32. The highest BCUT2D eigenvalue weighted by atomic mass is 16.4. The van der Waals surface area contributed by atoms with Crippen molar-refractivity contribution in [1.82, 2.24) is 0 Å². The van der Waals surface area contributed by atoms with Gasteiger partial charge in [-0.15, -0.1) is 11.8 Å². The molecule has 0 amide bonds. The monoisotopic (exact) mass is 308 g/mol. The summed E-state index contributed by atoms with van der Waals surface area (Å²) in [5.41, 5.74) is 0. The summed E-state index contributed by atoms with van der Waals surface area (Å²) in [7, 11) is 0. The Hall–Kier alpha value is -1.31. The second-order valence-corrected chi connectivity index (χ2v) is 5.99. The normalized spacial score (nSPS) is 25.9. The van der Waals surface area contributed by atoms with Crippen LogP contribution in [-0.4, -0.2) is 33.5 Å². The summed E-state index contributed by atoms with van der Waals surface area (Å²) in [4.78, 5) is 10.4. The Balaban J connectivity index is 2.35. The van der Waals surface area contributed by atoms with Gasteiger partial charge < -0.3 is 15.3 Å². The lowest BCUT2D eigenvalue weighted by Gasteiger charge is -2.17. The number of unbranched alkanes of at least 4 members (excludes halogenated alkanes) is 2.